The van der Waals surface area contributed by atoms with Crippen molar-refractivity contribution in [2.24, 2.45) is 5.84 Å². The Morgan fingerprint density at radius 1 is 1.05 bits per heavy atom. The van der Waals surface area contributed by atoms with Crippen molar-refractivity contribution in [2.75, 3.05) is 17.3 Å². The van der Waals surface area contributed by atoms with Crippen molar-refractivity contribution in [3.05, 3.63) is 0 Å². The van der Waals surface area contributed by atoms with E-state index in [1.54, 1.807) is 0 Å². The molecule has 0 aliphatic carbocycles. The fraction of sp³-hybridized carbons (Fsp3) is 0.786. The molecule has 1 unspecified atom stereocenters. The predicted octanol–water partition coefficient (Wildman–Crippen LogP) is 2.72. The first-order valence-corrected chi connectivity index (χ1v) is 7.81. The Kier molecular flexibility index (Phi) is 8.42. The second-order valence-corrected chi connectivity index (χ2v) is 5.15. The van der Waals surface area contributed by atoms with Crippen LogP contribution in [0.15, 0.2) is 0 Å². The third kappa shape index (κ3) is 7.08. The van der Waals surface area contributed by atoms with E-state index in [1.807, 2.05) is 6.92 Å². The summed E-state index contributed by atoms with van der Waals surface area (Å²) in [7, 11) is 0. The number of rotatable bonds is 11. The minimum absolute atomic E-state index is 0.292. The van der Waals surface area contributed by atoms with Crippen LogP contribution in [-0.4, -0.2) is 27.6 Å². The number of ether oxygens (including phenoxy) is 1. The van der Waals surface area contributed by atoms with E-state index in [4.69, 9.17) is 10.6 Å². The molecule has 0 saturated heterocycles. The number of nitrogen functional groups attached to an aromatic ring is 1. The summed E-state index contributed by atoms with van der Waals surface area (Å²) >= 11 is 0. The van der Waals surface area contributed by atoms with Gasteiger partial charge >= 0.3 is 6.01 Å². The maximum absolute atomic E-state index is 5.44. The van der Waals surface area contributed by atoms with Crippen LogP contribution in [0.3, 0.4) is 0 Å². The molecule has 1 aromatic heterocycles. The van der Waals surface area contributed by atoms with Gasteiger partial charge in [0.15, 0.2) is 0 Å². The number of hydrazine groups is 1. The van der Waals surface area contributed by atoms with E-state index in [0.29, 0.717) is 30.6 Å². The van der Waals surface area contributed by atoms with Gasteiger partial charge in [0, 0.05) is 6.04 Å². The number of nitrogens with one attached hydrogen (secondary N) is 2. The van der Waals surface area contributed by atoms with E-state index in [9.17, 15) is 0 Å². The molecule has 0 spiro atoms. The summed E-state index contributed by atoms with van der Waals surface area (Å²) in [5.41, 5.74) is 2.44. The molecule has 7 nitrogen and oxygen atoms in total. The average molecular weight is 296 g/mol. The highest BCUT2D eigenvalue weighted by molar-refractivity contribution is 5.35. The van der Waals surface area contributed by atoms with Crippen LogP contribution in [0.4, 0.5) is 11.9 Å². The first-order valence-electron chi connectivity index (χ1n) is 7.81. The summed E-state index contributed by atoms with van der Waals surface area (Å²) in [6.45, 7) is 6.93. The molecule has 0 radical (unpaired) electrons. The predicted molar refractivity (Wildman–Crippen MR) is 85.3 cm³/mol. The average Bonchev–Trinajstić information content (AvgIpc) is 2.49. The lowest BCUT2D eigenvalue weighted by Crippen LogP contribution is -2.19. The van der Waals surface area contributed by atoms with Crippen molar-refractivity contribution in [3.8, 4) is 6.01 Å². The molecular formula is C14H28N6O. The molecule has 120 valence electrons. The topological polar surface area (TPSA) is 98.0 Å². The monoisotopic (exact) mass is 296 g/mol. The Balaban J connectivity index is 2.55. The molecule has 0 aliphatic rings. The van der Waals surface area contributed by atoms with Crippen molar-refractivity contribution in [1.29, 1.82) is 0 Å². The van der Waals surface area contributed by atoms with Crippen molar-refractivity contribution in [3.63, 3.8) is 0 Å². The molecule has 0 fully saturated rings. The minimum Gasteiger partial charge on any atom is -0.463 e. The summed E-state index contributed by atoms with van der Waals surface area (Å²) in [6, 6.07) is 0.592. The summed E-state index contributed by atoms with van der Waals surface area (Å²) in [4.78, 5) is 12.5. The molecule has 0 aliphatic heterocycles. The van der Waals surface area contributed by atoms with E-state index in [-0.39, 0.29) is 0 Å². The van der Waals surface area contributed by atoms with Crippen molar-refractivity contribution >= 4 is 11.9 Å². The number of nitrogens with two attached hydrogens (primary N) is 1. The largest absolute Gasteiger partial charge is 0.463 e. The molecule has 4 N–H and O–H groups in total. The van der Waals surface area contributed by atoms with Gasteiger partial charge in [0.05, 0.1) is 6.61 Å². The lowest BCUT2D eigenvalue weighted by Gasteiger charge is -2.14. The normalized spacial score (nSPS) is 12.0. The SMILES string of the molecule is CCCCCCC(C)Nc1nc(NN)nc(OCCC)n1. The molecule has 0 amide bonds. The van der Waals surface area contributed by atoms with E-state index in [0.717, 1.165) is 12.8 Å². The maximum atomic E-state index is 5.44. The van der Waals surface area contributed by atoms with Crippen LogP contribution < -0.4 is 21.3 Å². The zero-order valence-electron chi connectivity index (χ0n) is 13.4. The standard InChI is InChI=1S/C14H28N6O/c1-4-6-7-8-9-11(3)16-12-17-13(20-15)19-14(18-12)21-10-5-2/h11H,4-10,15H2,1-3H3,(H2,16,17,18,19,20). The molecule has 1 aromatic rings. The van der Waals surface area contributed by atoms with Crippen molar-refractivity contribution in [2.45, 2.75) is 65.3 Å². The second-order valence-electron chi connectivity index (χ2n) is 5.15. The lowest BCUT2D eigenvalue weighted by atomic mass is 10.1. The van der Waals surface area contributed by atoms with Gasteiger partial charge in [-0.25, -0.2) is 5.84 Å². The maximum Gasteiger partial charge on any atom is 0.323 e. The molecule has 1 heterocycles. The molecular weight excluding hydrogens is 268 g/mol. The van der Waals surface area contributed by atoms with Crippen LogP contribution in [-0.2, 0) is 0 Å². The van der Waals surface area contributed by atoms with E-state index < -0.39 is 0 Å². The number of hydrogen-bond acceptors (Lipinski definition) is 7. The highest BCUT2D eigenvalue weighted by Gasteiger charge is 2.09. The number of anilines is 2. The number of hydrogen-bond donors (Lipinski definition) is 3. The summed E-state index contributed by atoms with van der Waals surface area (Å²) in [5, 5.41) is 3.27. The summed E-state index contributed by atoms with van der Waals surface area (Å²) < 4.78 is 5.44. The third-order valence-electron chi connectivity index (χ3n) is 3.05. The number of aromatic nitrogens is 3. The second kappa shape index (κ2) is 10.1. The van der Waals surface area contributed by atoms with Crippen LogP contribution in [0.2, 0.25) is 0 Å². The zero-order chi connectivity index (χ0) is 15.5. The van der Waals surface area contributed by atoms with Crippen LogP contribution in [0.25, 0.3) is 0 Å². The highest BCUT2D eigenvalue weighted by atomic mass is 16.5. The Labute approximate surface area is 127 Å². The summed E-state index contributed by atoms with van der Waals surface area (Å²) in [5.74, 6) is 6.17. The fourth-order valence-electron chi connectivity index (χ4n) is 1.91. The van der Waals surface area contributed by atoms with Crippen LogP contribution >= 0.6 is 0 Å². The Hall–Kier alpha value is -1.63. The van der Waals surface area contributed by atoms with Crippen LogP contribution in [0, 0.1) is 0 Å². The van der Waals surface area contributed by atoms with Gasteiger partial charge in [-0.1, -0.05) is 39.5 Å². The lowest BCUT2D eigenvalue weighted by molar-refractivity contribution is 0.292. The van der Waals surface area contributed by atoms with Gasteiger partial charge in [-0.2, -0.15) is 15.0 Å². The quantitative estimate of drug-likeness (QED) is 0.328. The highest BCUT2D eigenvalue weighted by Crippen LogP contribution is 2.13. The van der Waals surface area contributed by atoms with Gasteiger partial charge in [0.25, 0.3) is 0 Å². The van der Waals surface area contributed by atoms with Gasteiger partial charge in [-0.05, 0) is 19.8 Å². The van der Waals surface area contributed by atoms with Crippen molar-refractivity contribution < 1.29 is 4.74 Å². The van der Waals surface area contributed by atoms with Crippen LogP contribution in [0.1, 0.15) is 59.3 Å². The molecule has 0 saturated carbocycles. The van der Waals surface area contributed by atoms with E-state index in [2.05, 4.69) is 39.5 Å². The fourth-order valence-corrected chi connectivity index (χ4v) is 1.91. The third-order valence-corrected chi connectivity index (χ3v) is 3.05. The van der Waals surface area contributed by atoms with Gasteiger partial charge in [0.2, 0.25) is 11.9 Å². The minimum atomic E-state index is 0.292. The molecule has 7 heteroatoms. The number of nitrogens with zero attached hydrogens (tertiary/aromatic N) is 3. The van der Waals surface area contributed by atoms with Crippen molar-refractivity contribution in [1.82, 2.24) is 15.0 Å². The Morgan fingerprint density at radius 3 is 2.48 bits per heavy atom. The smallest absolute Gasteiger partial charge is 0.323 e. The first kappa shape index (κ1) is 17.4. The Bertz CT molecular complexity index is 401. The van der Waals surface area contributed by atoms with Gasteiger partial charge in [-0.15, -0.1) is 0 Å². The zero-order valence-corrected chi connectivity index (χ0v) is 13.4. The van der Waals surface area contributed by atoms with E-state index in [1.165, 1.54) is 25.7 Å². The molecule has 0 aromatic carbocycles. The van der Waals surface area contributed by atoms with Gasteiger partial charge in [-0.3, -0.25) is 5.43 Å². The van der Waals surface area contributed by atoms with E-state index >= 15 is 0 Å². The molecule has 1 rings (SSSR count). The van der Waals surface area contributed by atoms with Gasteiger partial charge in [0.1, 0.15) is 0 Å². The van der Waals surface area contributed by atoms with Crippen LogP contribution in [0.5, 0.6) is 6.01 Å². The molecule has 21 heavy (non-hydrogen) atoms. The molecule has 1 atom stereocenters. The summed E-state index contributed by atoms with van der Waals surface area (Å²) in [6.07, 6.45) is 6.98. The molecule has 0 bridgehead atoms. The Morgan fingerprint density at radius 2 is 1.81 bits per heavy atom. The number of unbranched alkanes of at least 4 members (excludes halogenated alkanes) is 3. The van der Waals surface area contributed by atoms with Gasteiger partial charge < -0.3 is 10.1 Å². The first-order chi connectivity index (χ1) is 10.2.